The number of anilines is 6. The third-order valence-electron chi connectivity index (χ3n) is 12.9. The number of benzene rings is 6. The van der Waals surface area contributed by atoms with E-state index in [4.69, 9.17) is 0 Å². The average Bonchev–Trinajstić information content (AvgIpc) is 3.30. The number of aryl methyl sites for hydroxylation is 4. The van der Waals surface area contributed by atoms with Crippen LogP contribution in [0.5, 0.6) is 0 Å². The van der Waals surface area contributed by atoms with Crippen molar-refractivity contribution in [1.29, 1.82) is 0 Å². The van der Waals surface area contributed by atoms with Crippen LogP contribution in [0.3, 0.4) is 0 Å². The Hall–Kier alpha value is -6.90. The first-order valence-electron chi connectivity index (χ1n) is 21.5. The van der Waals surface area contributed by atoms with Gasteiger partial charge in [0.05, 0.1) is 11.4 Å². The molecule has 6 aromatic carbocycles. The first-order chi connectivity index (χ1) is 29.5. The lowest BCUT2D eigenvalue weighted by molar-refractivity contribution is 0.569. The van der Waals surface area contributed by atoms with Gasteiger partial charge in [-0.1, -0.05) is 160 Å². The standard InChI is InChI=1S/C58H50N2/c1-5-41-17-13-15-39(3)57(41)59(47-19-9-7-10-20-47)49-31-23-43(24-32-49)51-35-27-45-30-38-54-52(36-28-46-29-37-53(51)55(45)56(46)54)44-25-33-50(34-26-44)60(48-21-11-8-12-22-48)58-40(4)16-14-18-42(58)6-2/h7-38,55-56H,5-6H2,1-4H3. The lowest BCUT2D eigenvalue weighted by Crippen LogP contribution is -2.30. The van der Waals surface area contributed by atoms with E-state index in [-0.39, 0.29) is 11.8 Å². The predicted octanol–water partition coefficient (Wildman–Crippen LogP) is 15.4. The summed E-state index contributed by atoms with van der Waals surface area (Å²) in [6.07, 6.45) is 20.8. The highest BCUT2D eigenvalue weighted by Crippen LogP contribution is 2.54. The lowest BCUT2D eigenvalue weighted by atomic mass is 9.61. The number of para-hydroxylation sites is 4. The summed E-state index contributed by atoms with van der Waals surface area (Å²) in [5, 5.41) is 0. The van der Waals surface area contributed by atoms with Crippen molar-refractivity contribution < 1.29 is 0 Å². The van der Waals surface area contributed by atoms with Gasteiger partial charge in [-0.3, -0.25) is 0 Å². The minimum atomic E-state index is 0.269. The quantitative estimate of drug-likeness (QED) is 0.137. The summed E-state index contributed by atoms with van der Waals surface area (Å²) in [4.78, 5) is 4.85. The van der Waals surface area contributed by atoms with Crippen LogP contribution in [0.4, 0.5) is 34.1 Å². The highest BCUT2D eigenvalue weighted by Gasteiger charge is 2.40. The number of nitrogens with zero attached hydrogens (tertiary/aromatic N) is 2. The minimum Gasteiger partial charge on any atom is -0.310 e. The van der Waals surface area contributed by atoms with Gasteiger partial charge >= 0.3 is 0 Å². The second-order valence-electron chi connectivity index (χ2n) is 16.3. The van der Waals surface area contributed by atoms with E-state index in [9.17, 15) is 0 Å². The zero-order valence-electron chi connectivity index (χ0n) is 34.9. The predicted molar refractivity (Wildman–Crippen MR) is 255 cm³/mol. The van der Waals surface area contributed by atoms with E-state index in [0.717, 1.165) is 24.2 Å². The van der Waals surface area contributed by atoms with Gasteiger partial charge in [0, 0.05) is 34.6 Å². The molecule has 4 aliphatic rings. The maximum absolute atomic E-state index is 2.43. The molecule has 0 aromatic heterocycles. The van der Waals surface area contributed by atoms with E-state index in [1.807, 2.05) is 0 Å². The molecule has 0 radical (unpaired) electrons. The Morgan fingerprint density at radius 1 is 0.417 bits per heavy atom. The van der Waals surface area contributed by atoms with E-state index in [2.05, 4.69) is 232 Å². The van der Waals surface area contributed by atoms with Crippen molar-refractivity contribution in [2.45, 2.75) is 40.5 Å². The molecule has 0 N–H and O–H groups in total. The molecule has 0 bridgehead atoms. The molecule has 4 aliphatic carbocycles. The summed E-state index contributed by atoms with van der Waals surface area (Å²) >= 11 is 0. The molecule has 0 spiro atoms. The maximum atomic E-state index is 2.43. The SMILES string of the molecule is CCc1cccc(C)c1N(c1ccccc1)c1ccc(C2=CC=C3C=CC4=C(c5ccc(N(c6ccccc6)c6c(C)cccc6CC)cc5)C=CC5=CC=C2C3C54)cc1. The topological polar surface area (TPSA) is 6.48 Å². The smallest absolute Gasteiger partial charge is 0.0522 e. The van der Waals surface area contributed by atoms with E-state index >= 15 is 0 Å². The third-order valence-corrected chi connectivity index (χ3v) is 12.9. The number of allylic oxidation sites excluding steroid dienone is 14. The summed E-state index contributed by atoms with van der Waals surface area (Å²) in [7, 11) is 0. The largest absolute Gasteiger partial charge is 0.310 e. The number of hydrogen-bond acceptors (Lipinski definition) is 2. The zero-order chi connectivity index (χ0) is 40.7. The Kier molecular flexibility index (Phi) is 9.78. The maximum Gasteiger partial charge on any atom is 0.0522 e. The van der Waals surface area contributed by atoms with E-state index in [1.54, 1.807) is 0 Å². The van der Waals surface area contributed by atoms with E-state index in [1.165, 1.54) is 89.6 Å². The Morgan fingerprint density at radius 2 is 0.900 bits per heavy atom. The summed E-state index contributed by atoms with van der Waals surface area (Å²) < 4.78 is 0. The van der Waals surface area contributed by atoms with Crippen LogP contribution < -0.4 is 9.80 Å². The minimum absolute atomic E-state index is 0.269. The molecule has 0 heterocycles. The van der Waals surface area contributed by atoms with Gasteiger partial charge < -0.3 is 9.80 Å². The van der Waals surface area contributed by atoms with Crippen molar-refractivity contribution >= 4 is 45.3 Å². The fourth-order valence-electron chi connectivity index (χ4n) is 10.00. The van der Waals surface area contributed by atoms with Crippen LogP contribution in [0.1, 0.15) is 47.2 Å². The summed E-state index contributed by atoms with van der Waals surface area (Å²) in [5.41, 5.74) is 23.1. The van der Waals surface area contributed by atoms with Crippen molar-refractivity contribution in [3.8, 4) is 0 Å². The summed E-state index contributed by atoms with van der Waals surface area (Å²) in [6, 6.07) is 53.4. The van der Waals surface area contributed by atoms with Crippen LogP contribution in [0, 0.1) is 25.7 Å². The molecule has 0 fully saturated rings. The molecule has 10 rings (SSSR count). The molecule has 60 heavy (non-hydrogen) atoms. The van der Waals surface area contributed by atoms with Crippen molar-refractivity contribution in [3.05, 3.63) is 250 Å². The second-order valence-corrected chi connectivity index (χ2v) is 16.3. The molecule has 0 amide bonds. The Labute approximate surface area is 355 Å². The lowest BCUT2D eigenvalue weighted by Gasteiger charge is -2.42. The van der Waals surface area contributed by atoms with Crippen molar-refractivity contribution in [3.63, 3.8) is 0 Å². The van der Waals surface area contributed by atoms with Gasteiger partial charge in [-0.2, -0.15) is 0 Å². The molecule has 0 saturated heterocycles. The van der Waals surface area contributed by atoms with E-state index < -0.39 is 0 Å². The third kappa shape index (κ3) is 6.44. The van der Waals surface area contributed by atoms with Crippen LogP contribution in [0.2, 0.25) is 0 Å². The molecule has 2 nitrogen and oxygen atoms in total. The van der Waals surface area contributed by atoms with Gasteiger partial charge in [0.2, 0.25) is 0 Å². The first kappa shape index (κ1) is 37.4. The van der Waals surface area contributed by atoms with Crippen LogP contribution in [-0.4, -0.2) is 0 Å². The van der Waals surface area contributed by atoms with Crippen LogP contribution in [0.25, 0.3) is 11.1 Å². The molecular weight excluding hydrogens is 725 g/mol. The van der Waals surface area contributed by atoms with Gasteiger partial charge in [0.25, 0.3) is 0 Å². The molecule has 6 aromatic rings. The summed E-state index contributed by atoms with van der Waals surface area (Å²) in [5.74, 6) is 0.539. The monoisotopic (exact) mass is 774 g/mol. The van der Waals surface area contributed by atoms with Gasteiger partial charge in [0.1, 0.15) is 0 Å². The second kappa shape index (κ2) is 15.7. The highest BCUT2D eigenvalue weighted by atomic mass is 15.2. The summed E-state index contributed by atoms with van der Waals surface area (Å²) in [6.45, 7) is 8.94. The Balaban J connectivity index is 0.982. The molecule has 292 valence electrons. The fraction of sp³-hybridized carbons (Fsp3) is 0.138. The van der Waals surface area contributed by atoms with Gasteiger partial charge in [-0.15, -0.1) is 0 Å². The highest BCUT2D eigenvalue weighted by molar-refractivity contribution is 5.91. The molecule has 2 heteroatoms. The van der Waals surface area contributed by atoms with E-state index in [0.29, 0.717) is 0 Å². The number of rotatable bonds is 10. The van der Waals surface area contributed by atoms with Crippen molar-refractivity contribution in [1.82, 2.24) is 0 Å². The van der Waals surface area contributed by atoms with Crippen LogP contribution in [-0.2, 0) is 12.8 Å². The number of hydrogen-bond donors (Lipinski definition) is 0. The van der Waals surface area contributed by atoms with Gasteiger partial charge in [-0.25, -0.2) is 0 Å². The Bertz CT molecular complexity index is 2830. The zero-order valence-corrected chi connectivity index (χ0v) is 34.9. The van der Waals surface area contributed by atoms with Crippen LogP contribution in [0.15, 0.2) is 216 Å². The fourth-order valence-corrected chi connectivity index (χ4v) is 10.00. The molecule has 2 unspecified atom stereocenters. The normalized spacial score (nSPS) is 17.3. The molecule has 2 atom stereocenters. The molecule has 0 saturated carbocycles. The van der Waals surface area contributed by atoms with Crippen LogP contribution >= 0.6 is 0 Å². The molecular formula is C58H50N2. The van der Waals surface area contributed by atoms with Gasteiger partial charge in [-0.05, 0) is 142 Å². The van der Waals surface area contributed by atoms with Crippen molar-refractivity contribution in [2.75, 3.05) is 9.80 Å². The van der Waals surface area contributed by atoms with Gasteiger partial charge in [0.15, 0.2) is 0 Å². The van der Waals surface area contributed by atoms with Crippen molar-refractivity contribution in [2.24, 2.45) is 11.8 Å². The first-order valence-corrected chi connectivity index (χ1v) is 21.5. The average molecular weight is 775 g/mol. The molecule has 0 aliphatic heterocycles. The Morgan fingerprint density at radius 3 is 1.45 bits per heavy atom.